The first-order valence-corrected chi connectivity index (χ1v) is 8.24. The molecule has 23 heavy (non-hydrogen) atoms. The van der Waals surface area contributed by atoms with Crippen molar-refractivity contribution in [2.75, 3.05) is 0 Å². The lowest BCUT2D eigenvalue weighted by molar-refractivity contribution is 0.134. The molecule has 0 heterocycles. The van der Waals surface area contributed by atoms with E-state index in [9.17, 15) is 5.11 Å². The number of nitrogens with two attached hydrogens (primary N) is 1. The number of benzene rings is 2. The van der Waals surface area contributed by atoms with Crippen molar-refractivity contribution in [3.63, 3.8) is 0 Å². The minimum Gasteiger partial charge on any atom is -0.488 e. The summed E-state index contributed by atoms with van der Waals surface area (Å²) >= 11 is 0. The Labute approximate surface area is 139 Å². The second-order valence-electron chi connectivity index (χ2n) is 6.14. The third kappa shape index (κ3) is 4.57. The topological polar surface area (TPSA) is 55.5 Å². The minimum atomic E-state index is -0.505. The molecule has 0 spiro atoms. The summed E-state index contributed by atoms with van der Waals surface area (Å²) in [5, 5.41) is 10.1. The van der Waals surface area contributed by atoms with E-state index in [-0.39, 0.29) is 6.04 Å². The summed E-state index contributed by atoms with van der Waals surface area (Å²) in [6.07, 6.45) is 1.13. The average Bonchev–Trinajstić information content (AvgIpc) is 2.54. The number of ether oxygens (including phenoxy) is 1. The van der Waals surface area contributed by atoms with Crippen molar-refractivity contribution in [3.8, 4) is 5.75 Å². The summed E-state index contributed by atoms with van der Waals surface area (Å²) in [6, 6.07) is 13.8. The summed E-state index contributed by atoms with van der Waals surface area (Å²) in [4.78, 5) is 0. The predicted molar refractivity (Wildman–Crippen MR) is 94.5 cm³/mol. The Kier molecular flexibility index (Phi) is 6.20. The number of aryl methyl sites for hydroxylation is 2. The Hall–Kier alpha value is -1.84. The van der Waals surface area contributed by atoms with Crippen molar-refractivity contribution in [1.82, 2.24) is 0 Å². The van der Waals surface area contributed by atoms with Gasteiger partial charge in [-0.05, 0) is 42.5 Å². The molecule has 0 aliphatic rings. The van der Waals surface area contributed by atoms with Crippen LogP contribution in [-0.2, 0) is 6.61 Å². The molecule has 2 aromatic carbocycles. The Morgan fingerprint density at radius 2 is 1.70 bits per heavy atom. The number of hydrogen-bond acceptors (Lipinski definition) is 3. The average molecular weight is 313 g/mol. The van der Waals surface area contributed by atoms with E-state index >= 15 is 0 Å². The molecule has 2 aromatic rings. The van der Waals surface area contributed by atoms with Crippen molar-refractivity contribution in [2.45, 2.75) is 52.4 Å². The Bertz CT molecular complexity index is 602. The van der Waals surface area contributed by atoms with Crippen LogP contribution in [0.15, 0.2) is 42.5 Å². The molecule has 0 amide bonds. The summed E-state index contributed by atoms with van der Waals surface area (Å²) in [7, 11) is 0. The number of aliphatic hydroxyl groups excluding tert-OH is 1. The van der Waals surface area contributed by atoms with E-state index in [1.54, 1.807) is 0 Å². The highest BCUT2D eigenvalue weighted by atomic mass is 16.5. The van der Waals surface area contributed by atoms with E-state index in [2.05, 4.69) is 12.1 Å². The van der Waals surface area contributed by atoms with Crippen molar-refractivity contribution >= 4 is 0 Å². The highest BCUT2D eigenvalue weighted by molar-refractivity contribution is 5.44. The van der Waals surface area contributed by atoms with Crippen LogP contribution in [-0.4, -0.2) is 11.2 Å². The van der Waals surface area contributed by atoms with Gasteiger partial charge in [0, 0.05) is 0 Å². The zero-order valence-corrected chi connectivity index (χ0v) is 14.3. The molecular formula is C20H27NO2. The van der Waals surface area contributed by atoms with Crippen LogP contribution in [0, 0.1) is 13.8 Å². The summed E-state index contributed by atoms with van der Waals surface area (Å²) in [5.41, 5.74) is 10.4. The van der Waals surface area contributed by atoms with Crippen LogP contribution in [0.3, 0.4) is 0 Å². The first-order valence-electron chi connectivity index (χ1n) is 8.24. The van der Waals surface area contributed by atoms with E-state index in [4.69, 9.17) is 10.5 Å². The summed E-state index contributed by atoms with van der Waals surface area (Å²) < 4.78 is 5.99. The van der Waals surface area contributed by atoms with Gasteiger partial charge in [0.15, 0.2) is 0 Å². The van der Waals surface area contributed by atoms with Gasteiger partial charge in [-0.25, -0.2) is 0 Å². The van der Waals surface area contributed by atoms with Crippen LogP contribution < -0.4 is 10.5 Å². The van der Waals surface area contributed by atoms with Gasteiger partial charge >= 0.3 is 0 Å². The molecular weight excluding hydrogens is 286 g/mol. The van der Waals surface area contributed by atoms with Gasteiger partial charge in [-0.2, -0.15) is 0 Å². The van der Waals surface area contributed by atoms with Gasteiger partial charge in [0.1, 0.15) is 12.4 Å². The lowest BCUT2D eigenvalue weighted by atomic mass is 9.95. The number of hydrogen-bond donors (Lipinski definition) is 2. The van der Waals surface area contributed by atoms with Crippen LogP contribution in [0.4, 0.5) is 0 Å². The van der Waals surface area contributed by atoms with Gasteiger partial charge in [0.2, 0.25) is 0 Å². The molecule has 3 nitrogen and oxygen atoms in total. The van der Waals surface area contributed by atoms with Crippen molar-refractivity contribution in [2.24, 2.45) is 5.73 Å². The Morgan fingerprint density at radius 1 is 1.09 bits per heavy atom. The van der Waals surface area contributed by atoms with Gasteiger partial charge in [-0.15, -0.1) is 0 Å². The van der Waals surface area contributed by atoms with E-state index in [1.807, 2.05) is 51.1 Å². The largest absolute Gasteiger partial charge is 0.488 e. The van der Waals surface area contributed by atoms with Crippen molar-refractivity contribution in [1.29, 1.82) is 0 Å². The summed E-state index contributed by atoms with van der Waals surface area (Å²) in [6.45, 7) is 6.64. The molecule has 2 atom stereocenters. The van der Waals surface area contributed by atoms with Crippen molar-refractivity contribution in [3.05, 3.63) is 64.7 Å². The third-order valence-electron chi connectivity index (χ3n) is 4.09. The normalized spacial score (nSPS) is 13.6. The maximum atomic E-state index is 10.1. The first-order chi connectivity index (χ1) is 11.0. The minimum absolute atomic E-state index is 0.351. The molecule has 0 aliphatic carbocycles. The molecule has 2 rings (SSSR count). The molecule has 0 saturated heterocycles. The molecule has 124 valence electrons. The molecule has 0 fully saturated rings. The van der Waals surface area contributed by atoms with E-state index in [0.29, 0.717) is 13.0 Å². The Morgan fingerprint density at radius 3 is 2.26 bits per heavy atom. The van der Waals surface area contributed by atoms with E-state index in [0.717, 1.165) is 34.4 Å². The molecule has 3 N–H and O–H groups in total. The molecule has 0 unspecified atom stereocenters. The zero-order valence-electron chi connectivity index (χ0n) is 14.3. The van der Waals surface area contributed by atoms with Crippen LogP contribution >= 0.6 is 0 Å². The van der Waals surface area contributed by atoms with Crippen LogP contribution in [0.2, 0.25) is 0 Å². The molecule has 0 bridgehead atoms. The SMILES string of the molecule is CCC[C@@H](O)[C@@H](N)c1cc(C)c(OCc2ccccc2)c(C)c1. The fraction of sp³-hybridized carbons (Fsp3) is 0.400. The predicted octanol–water partition coefficient (Wildman–Crippen LogP) is 4.04. The van der Waals surface area contributed by atoms with Crippen LogP contribution in [0.1, 0.15) is 48.1 Å². The Balaban J connectivity index is 2.14. The lowest BCUT2D eigenvalue weighted by Gasteiger charge is -2.21. The number of aliphatic hydroxyl groups is 1. The van der Waals surface area contributed by atoms with E-state index < -0.39 is 6.10 Å². The molecule has 0 aromatic heterocycles. The highest BCUT2D eigenvalue weighted by Crippen LogP contribution is 2.29. The zero-order chi connectivity index (χ0) is 16.8. The van der Waals surface area contributed by atoms with Crippen molar-refractivity contribution < 1.29 is 9.84 Å². The summed E-state index contributed by atoms with van der Waals surface area (Å²) in [5.74, 6) is 0.898. The van der Waals surface area contributed by atoms with Gasteiger partial charge in [-0.1, -0.05) is 55.8 Å². The smallest absolute Gasteiger partial charge is 0.125 e. The number of rotatable bonds is 7. The molecule has 0 saturated carbocycles. The maximum absolute atomic E-state index is 10.1. The van der Waals surface area contributed by atoms with Gasteiger partial charge < -0.3 is 15.6 Å². The van der Waals surface area contributed by atoms with Crippen LogP contribution in [0.5, 0.6) is 5.75 Å². The highest BCUT2D eigenvalue weighted by Gasteiger charge is 2.18. The molecule has 3 heteroatoms. The van der Waals surface area contributed by atoms with Crippen LogP contribution in [0.25, 0.3) is 0 Å². The fourth-order valence-electron chi connectivity index (χ4n) is 2.83. The van der Waals surface area contributed by atoms with Gasteiger partial charge in [0.05, 0.1) is 12.1 Å². The monoisotopic (exact) mass is 313 g/mol. The third-order valence-corrected chi connectivity index (χ3v) is 4.09. The van der Waals surface area contributed by atoms with Gasteiger partial charge in [-0.3, -0.25) is 0 Å². The fourth-order valence-corrected chi connectivity index (χ4v) is 2.83. The standard InChI is InChI=1S/C20H27NO2/c1-4-8-18(22)19(21)17-11-14(2)20(15(3)12-17)23-13-16-9-6-5-7-10-16/h5-7,9-12,18-19,22H,4,8,13,21H2,1-3H3/t18-,19+/m1/s1. The maximum Gasteiger partial charge on any atom is 0.125 e. The lowest BCUT2D eigenvalue weighted by Crippen LogP contribution is -2.26. The second-order valence-corrected chi connectivity index (χ2v) is 6.14. The molecule has 0 aliphatic heterocycles. The first kappa shape index (κ1) is 17.5. The second kappa shape index (κ2) is 8.14. The van der Waals surface area contributed by atoms with E-state index in [1.165, 1.54) is 0 Å². The quantitative estimate of drug-likeness (QED) is 0.811. The molecule has 0 radical (unpaired) electrons. The van der Waals surface area contributed by atoms with Gasteiger partial charge in [0.25, 0.3) is 0 Å².